The van der Waals surface area contributed by atoms with Gasteiger partial charge in [-0.2, -0.15) is 0 Å². The fraction of sp³-hybridized carbons (Fsp3) is 1.00. The summed E-state index contributed by atoms with van der Waals surface area (Å²) in [6.45, 7) is 2.05. The molecule has 0 bridgehead atoms. The summed E-state index contributed by atoms with van der Waals surface area (Å²) in [4.78, 5) is 0. The van der Waals surface area contributed by atoms with Crippen molar-refractivity contribution < 1.29 is 0 Å². The molecule has 0 radical (unpaired) electrons. The quantitative estimate of drug-likeness (QED) is 0.356. The van der Waals surface area contributed by atoms with Crippen LogP contribution in [-0.4, -0.2) is 23.8 Å². The number of piperidine rings is 1. The number of rotatable bonds is 5. The molecule has 1 heterocycles. The molecule has 1 fully saturated rings. The van der Waals surface area contributed by atoms with Crippen molar-refractivity contribution in [2.24, 2.45) is 5.73 Å². The van der Waals surface area contributed by atoms with Crippen LogP contribution in [0, 0.1) is 0 Å². The molecule has 2 N–H and O–H groups in total. The van der Waals surface area contributed by atoms with Crippen LogP contribution in [0.4, 0.5) is 0 Å². The Labute approximate surface area is 148 Å². The van der Waals surface area contributed by atoms with Crippen molar-refractivity contribution in [1.82, 2.24) is 4.67 Å². The molecule has 1 aliphatic heterocycles. The van der Waals surface area contributed by atoms with E-state index in [1.165, 1.54) is 45.3 Å². The van der Waals surface area contributed by atoms with Crippen molar-refractivity contribution in [2.75, 3.05) is 13.1 Å². The second-order valence-corrected chi connectivity index (χ2v) is 33.7. The first-order chi connectivity index (χ1) is 10.2. The minimum atomic E-state index is -0.247. The Morgan fingerprint density at radius 1 is 0.905 bits per heavy atom. The first kappa shape index (κ1) is 23.3. The van der Waals surface area contributed by atoms with Gasteiger partial charge in [-0.15, -0.1) is 0 Å². The summed E-state index contributed by atoms with van der Waals surface area (Å²) in [6.07, 6.45) is 2.29. The molecule has 0 saturated carbocycles. The first-order valence-corrected chi connectivity index (χ1v) is 27.0. The molecule has 0 aliphatic carbocycles. The summed E-state index contributed by atoms with van der Waals surface area (Å²) in [6, 6.07) is 0.424. The van der Waals surface area contributed by atoms with Crippen LogP contribution >= 0.6 is 107 Å². The maximum atomic E-state index is 5.95. The summed E-state index contributed by atoms with van der Waals surface area (Å²) >= 11 is 0. The molecule has 1 rings (SSSR count). The number of nitrogens with zero attached hydrogens (tertiary/aromatic N) is 1. The molecule has 0 aromatic heterocycles. The Balaban J connectivity index is 2.27. The van der Waals surface area contributed by atoms with E-state index in [0.29, 0.717) is 6.04 Å². The van der Waals surface area contributed by atoms with Gasteiger partial charge in [0.2, 0.25) is 0 Å². The third-order valence-electron chi connectivity index (χ3n) is 2.25. The predicted octanol–water partition coefficient (Wildman–Crippen LogP) is 11.7. The van der Waals surface area contributed by atoms with Gasteiger partial charge < -0.3 is 0 Å². The molecule has 21 heavy (non-hydrogen) atoms. The average Bonchev–Trinajstić information content (AvgIpc) is 2.49. The number of nitrogens with two attached hydrogens (primary N) is 1. The van der Waals surface area contributed by atoms with E-state index in [0.717, 1.165) is 25.9 Å². The molecule has 16 heteroatoms. The van der Waals surface area contributed by atoms with E-state index in [4.69, 9.17) is 14.1 Å². The van der Waals surface area contributed by atoms with Crippen LogP contribution in [0.3, 0.4) is 0 Å². The second-order valence-electron chi connectivity index (χ2n) is 3.55. The number of hydrogen-bond donors (Lipinski definition) is 1. The first-order valence-electron chi connectivity index (χ1n) is 5.61. The van der Waals surface area contributed by atoms with Gasteiger partial charge in [-0.1, -0.05) is 8.53 Å². The van der Waals surface area contributed by atoms with E-state index in [2.05, 4.69) is 13.2 Å². The third kappa shape index (κ3) is 13.1. The van der Waals surface area contributed by atoms with Crippen LogP contribution < -0.4 is 5.73 Å². The third-order valence-corrected chi connectivity index (χ3v) is 41.3. The Bertz CT molecular complexity index is 517. The molecule has 0 aromatic carbocycles. The van der Waals surface area contributed by atoms with Crippen LogP contribution in [0.2, 0.25) is 0 Å². The molecule has 0 spiro atoms. The molecule has 0 amide bonds. The van der Waals surface area contributed by atoms with Gasteiger partial charge in [-0.25, -0.2) is 0 Å². The van der Waals surface area contributed by atoms with E-state index in [-0.39, 0.29) is 6.86 Å². The molecule has 0 aromatic rings. The fourth-order valence-corrected chi connectivity index (χ4v) is 49.7. The molecule has 1 unspecified atom stereocenters. The van der Waals surface area contributed by atoms with Gasteiger partial charge in [-0.05, 0) is 0 Å². The van der Waals surface area contributed by atoms with Crippen molar-refractivity contribution >= 4 is 107 Å². The van der Waals surface area contributed by atoms with Crippen LogP contribution in [0.15, 0.2) is 0 Å². The van der Waals surface area contributed by atoms with Gasteiger partial charge in [0.15, 0.2) is 0 Å². The average molecular weight is 534 g/mol. The zero-order valence-electron chi connectivity index (χ0n) is 10.7. The summed E-state index contributed by atoms with van der Waals surface area (Å²) in [5.74, 6) is 0. The van der Waals surface area contributed by atoms with Crippen molar-refractivity contribution in [3.8, 4) is 0 Å². The van der Waals surface area contributed by atoms with Gasteiger partial charge in [0.1, 0.15) is 0 Å². The van der Waals surface area contributed by atoms with E-state index >= 15 is 0 Å². The normalized spacial score (nSPS) is 20.1. The standard InChI is InChI=1S/C5H12N2P14/c6-5-1-3-7(4-2-5)21(9)20-19-18-17-16-15-14-13-12-11-10-8/h5,8H,1-4,6H2. The molecular weight excluding hydrogens is 522 g/mol. The topological polar surface area (TPSA) is 29.3 Å². The van der Waals surface area contributed by atoms with Gasteiger partial charge in [-0.3, -0.25) is 0 Å². The van der Waals surface area contributed by atoms with Gasteiger partial charge in [0.05, 0.1) is 0 Å². The summed E-state index contributed by atoms with van der Waals surface area (Å²) < 4.78 is 2.54. The van der Waals surface area contributed by atoms with Crippen molar-refractivity contribution in [2.45, 2.75) is 18.9 Å². The molecule has 1 atom stereocenters. The molecule has 1 aliphatic rings. The molecular formula is C5H12N2P14. The van der Waals surface area contributed by atoms with Gasteiger partial charge in [0.25, 0.3) is 0 Å². The van der Waals surface area contributed by atoms with Crippen molar-refractivity contribution in [3.63, 3.8) is 0 Å². The summed E-state index contributed by atoms with van der Waals surface area (Å²) in [7, 11) is 24.9. The zero-order valence-corrected chi connectivity index (χ0v) is 23.4. The van der Waals surface area contributed by atoms with E-state index < -0.39 is 0 Å². The van der Waals surface area contributed by atoms with Crippen LogP contribution in [0.25, 0.3) is 0 Å². The van der Waals surface area contributed by atoms with E-state index in [9.17, 15) is 0 Å². The monoisotopic (exact) mass is 534 g/mol. The van der Waals surface area contributed by atoms with E-state index in [1.807, 2.05) is 0 Å². The van der Waals surface area contributed by atoms with Crippen LogP contribution in [0.1, 0.15) is 12.8 Å². The number of hydrogen-bond acceptors (Lipinski definition) is 2. The van der Waals surface area contributed by atoms with Crippen molar-refractivity contribution in [3.05, 3.63) is 0 Å². The summed E-state index contributed by atoms with van der Waals surface area (Å²) in [5, 5.41) is 0. The molecule has 2 nitrogen and oxygen atoms in total. The summed E-state index contributed by atoms with van der Waals surface area (Å²) in [5.41, 5.74) is 5.95. The van der Waals surface area contributed by atoms with Gasteiger partial charge >= 0.3 is 141 Å². The van der Waals surface area contributed by atoms with Crippen molar-refractivity contribution in [1.29, 1.82) is 0 Å². The maximum absolute atomic E-state index is 5.95. The second kappa shape index (κ2) is 16.4. The Hall–Kier alpha value is 4.25. The molecule has 112 valence electrons. The Kier molecular flexibility index (Phi) is 18.2. The van der Waals surface area contributed by atoms with Gasteiger partial charge in [0, 0.05) is 0 Å². The Morgan fingerprint density at radius 2 is 1.38 bits per heavy atom. The minimum absolute atomic E-state index is 0.247. The predicted molar refractivity (Wildman–Crippen MR) is 127 cm³/mol. The SMILES string of the molecule is NC1CCN(P(#P)P=PP=PP=PP=PP=PP=P)CC1. The van der Waals surface area contributed by atoms with Crippen LogP contribution in [0.5, 0.6) is 0 Å². The Morgan fingerprint density at radius 3 is 1.90 bits per heavy atom. The zero-order chi connectivity index (χ0) is 15.3. The van der Waals surface area contributed by atoms with Crippen LogP contribution in [-0.2, 0) is 0 Å². The fourth-order valence-electron chi connectivity index (χ4n) is 1.32. The van der Waals surface area contributed by atoms with E-state index in [1.54, 1.807) is 37.8 Å². The molecule has 1 saturated heterocycles.